The van der Waals surface area contributed by atoms with E-state index in [9.17, 15) is 8.78 Å². The molecule has 1 nitrogen and oxygen atoms in total. The average Bonchev–Trinajstić information content (AvgIpc) is 1.84. The molecule has 0 aromatic rings. The summed E-state index contributed by atoms with van der Waals surface area (Å²) in [6.45, 7) is 3.79. The van der Waals surface area contributed by atoms with Crippen molar-refractivity contribution in [2.24, 2.45) is 5.92 Å². The topological polar surface area (TPSA) is 12.0 Å². The third-order valence-corrected chi connectivity index (χ3v) is 2.03. The Morgan fingerprint density at radius 1 is 1.45 bits per heavy atom. The highest BCUT2D eigenvalue weighted by Gasteiger charge is 2.44. The summed E-state index contributed by atoms with van der Waals surface area (Å²) in [7, 11) is 0. The summed E-state index contributed by atoms with van der Waals surface area (Å²) >= 11 is 0. The molecule has 1 aliphatic carbocycles. The maximum Gasteiger partial charge on any atom is 0.248 e. The van der Waals surface area contributed by atoms with Crippen LogP contribution in [0.25, 0.3) is 0 Å². The van der Waals surface area contributed by atoms with Crippen molar-refractivity contribution in [3.8, 4) is 0 Å². The fourth-order valence-electron chi connectivity index (χ4n) is 1.41. The van der Waals surface area contributed by atoms with Crippen molar-refractivity contribution in [3.63, 3.8) is 0 Å². The van der Waals surface area contributed by atoms with E-state index in [4.69, 9.17) is 0 Å². The van der Waals surface area contributed by atoms with E-state index in [1.54, 1.807) is 0 Å². The van der Waals surface area contributed by atoms with Gasteiger partial charge in [-0.1, -0.05) is 6.92 Å². The predicted molar refractivity (Wildman–Crippen MR) is 40.8 cm³/mol. The van der Waals surface area contributed by atoms with Crippen LogP contribution >= 0.6 is 0 Å². The summed E-state index contributed by atoms with van der Waals surface area (Å²) in [6.07, 6.45) is 1.25. The summed E-state index contributed by atoms with van der Waals surface area (Å²) in [5.41, 5.74) is 0. The normalized spacial score (nSPS) is 23.2. The lowest BCUT2D eigenvalue weighted by molar-refractivity contribution is -0.109. The van der Waals surface area contributed by atoms with Crippen molar-refractivity contribution in [2.75, 3.05) is 13.1 Å². The first-order valence-corrected chi connectivity index (χ1v) is 4.22. The van der Waals surface area contributed by atoms with Crippen LogP contribution in [-0.4, -0.2) is 19.0 Å². The third-order valence-electron chi connectivity index (χ3n) is 2.03. The van der Waals surface area contributed by atoms with E-state index < -0.39 is 5.92 Å². The molecule has 1 rings (SSSR count). The molecule has 0 unspecified atom stereocenters. The van der Waals surface area contributed by atoms with Crippen molar-refractivity contribution < 1.29 is 8.78 Å². The quantitative estimate of drug-likeness (QED) is 0.625. The Morgan fingerprint density at radius 3 is 2.55 bits per heavy atom. The van der Waals surface area contributed by atoms with Crippen LogP contribution in [0.5, 0.6) is 0 Å². The van der Waals surface area contributed by atoms with Crippen LogP contribution in [0.2, 0.25) is 0 Å². The zero-order valence-electron chi connectivity index (χ0n) is 6.87. The summed E-state index contributed by atoms with van der Waals surface area (Å²) < 4.78 is 24.5. The molecule has 0 aromatic carbocycles. The Hall–Kier alpha value is -0.180. The van der Waals surface area contributed by atoms with Gasteiger partial charge in [0.25, 0.3) is 0 Å². The molecule has 1 fully saturated rings. The first-order chi connectivity index (χ1) is 5.14. The highest BCUT2D eigenvalue weighted by Crippen LogP contribution is 2.41. The molecular weight excluding hydrogens is 148 g/mol. The Bertz CT molecular complexity index is 117. The highest BCUT2D eigenvalue weighted by atomic mass is 19.3. The van der Waals surface area contributed by atoms with Gasteiger partial charge in [-0.05, 0) is 25.4 Å². The summed E-state index contributed by atoms with van der Waals surface area (Å²) in [4.78, 5) is 0. The van der Waals surface area contributed by atoms with Gasteiger partial charge in [-0.15, -0.1) is 0 Å². The second-order valence-electron chi connectivity index (χ2n) is 3.33. The van der Waals surface area contributed by atoms with E-state index >= 15 is 0 Å². The number of hydrogen-bond donors (Lipinski definition) is 1. The zero-order valence-corrected chi connectivity index (χ0v) is 6.87. The monoisotopic (exact) mass is 163 g/mol. The molecule has 0 aromatic heterocycles. The van der Waals surface area contributed by atoms with Gasteiger partial charge in [0.15, 0.2) is 0 Å². The molecule has 0 bridgehead atoms. The van der Waals surface area contributed by atoms with Gasteiger partial charge in [0.2, 0.25) is 5.92 Å². The maximum absolute atomic E-state index is 12.3. The molecular formula is C8H15F2N. The van der Waals surface area contributed by atoms with Crippen molar-refractivity contribution in [1.29, 1.82) is 0 Å². The van der Waals surface area contributed by atoms with Crippen molar-refractivity contribution >= 4 is 0 Å². The lowest BCUT2D eigenvalue weighted by Gasteiger charge is -2.34. The molecule has 1 N–H and O–H groups in total. The SMILES string of the molecule is CCCNCC1CC(F)(F)C1. The van der Waals surface area contributed by atoms with Gasteiger partial charge in [0.05, 0.1) is 0 Å². The van der Waals surface area contributed by atoms with Gasteiger partial charge in [-0.2, -0.15) is 0 Å². The van der Waals surface area contributed by atoms with Crippen LogP contribution in [0.4, 0.5) is 8.78 Å². The van der Waals surface area contributed by atoms with E-state index in [2.05, 4.69) is 12.2 Å². The van der Waals surface area contributed by atoms with Gasteiger partial charge >= 0.3 is 0 Å². The zero-order chi connectivity index (χ0) is 8.32. The first-order valence-electron chi connectivity index (χ1n) is 4.22. The molecule has 3 heteroatoms. The van der Waals surface area contributed by atoms with Crippen LogP contribution < -0.4 is 5.32 Å². The number of nitrogens with one attached hydrogen (secondary N) is 1. The Kier molecular flexibility index (Phi) is 2.82. The van der Waals surface area contributed by atoms with Gasteiger partial charge in [-0.25, -0.2) is 8.78 Å². The molecule has 0 spiro atoms. The molecule has 0 saturated heterocycles. The summed E-state index contributed by atoms with van der Waals surface area (Å²) in [5, 5.41) is 3.14. The van der Waals surface area contributed by atoms with Crippen LogP contribution in [0.1, 0.15) is 26.2 Å². The van der Waals surface area contributed by atoms with Crippen LogP contribution in [-0.2, 0) is 0 Å². The molecule has 0 heterocycles. The number of rotatable bonds is 4. The maximum atomic E-state index is 12.3. The minimum Gasteiger partial charge on any atom is -0.316 e. The third kappa shape index (κ3) is 2.73. The van der Waals surface area contributed by atoms with Gasteiger partial charge in [0, 0.05) is 12.8 Å². The first kappa shape index (κ1) is 8.91. The van der Waals surface area contributed by atoms with E-state index in [1.807, 2.05) is 0 Å². The number of halogens is 2. The molecule has 0 aliphatic heterocycles. The minimum atomic E-state index is -2.35. The summed E-state index contributed by atoms with van der Waals surface area (Å²) in [6, 6.07) is 0. The molecule has 0 amide bonds. The smallest absolute Gasteiger partial charge is 0.248 e. The molecule has 1 aliphatic rings. The van der Waals surface area contributed by atoms with Crippen LogP contribution in [0.3, 0.4) is 0 Å². The lowest BCUT2D eigenvalue weighted by atomic mass is 9.81. The molecule has 66 valence electrons. The van der Waals surface area contributed by atoms with Crippen molar-refractivity contribution in [1.82, 2.24) is 5.32 Å². The van der Waals surface area contributed by atoms with E-state index in [1.165, 1.54) is 0 Å². The number of hydrogen-bond acceptors (Lipinski definition) is 1. The van der Waals surface area contributed by atoms with Gasteiger partial charge < -0.3 is 5.32 Å². The van der Waals surface area contributed by atoms with Gasteiger partial charge in [-0.3, -0.25) is 0 Å². The minimum absolute atomic E-state index is 0.0870. The van der Waals surface area contributed by atoms with Crippen LogP contribution in [0, 0.1) is 5.92 Å². The largest absolute Gasteiger partial charge is 0.316 e. The second-order valence-corrected chi connectivity index (χ2v) is 3.33. The molecule has 1 saturated carbocycles. The Labute approximate surface area is 66.2 Å². The van der Waals surface area contributed by atoms with Gasteiger partial charge in [0.1, 0.15) is 0 Å². The second kappa shape index (κ2) is 3.48. The molecule has 11 heavy (non-hydrogen) atoms. The lowest BCUT2D eigenvalue weighted by Crippen LogP contribution is -2.41. The Balaban J connectivity index is 1.96. The van der Waals surface area contributed by atoms with E-state index in [0.29, 0.717) is 0 Å². The van der Waals surface area contributed by atoms with E-state index in [-0.39, 0.29) is 18.8 Å². The van der Waals surface area contributed by atoms with Crippen molar-refractivity contribution in [3.05, 3.63) is 0 Å². The Morgan fingerprint density at radius 2 is 2.09 bits per heavy atom. The van der Waals surface area contributed by atoms with Crippen LogP contribution in [0.15, 0.2) is 0 Å². The predicted octanol–water partition coefficient (Wildman–Crippen LogP) is 2.03. The standard InChI is InChI=1S/C8H15F2N/c1-2-3-11-6-7-4-8(9,10)5-7/h7,11H,2-6H2,1H3. The highest BCUT2D eigenvalue weighted by molar-refractivity contribution is 4.86. The molecule has 0 atom stereocenters. The number of alkyl halides is 2. The fraction of sp³-hybridized carbons (Fsp3) is 1.00. The fourth-order valence-corrected chi connectivity index (χ4v) is 1.41. The molecule has 0 radical (unpaired) electrons. The van der Waals surface area contributed by atoms with E-state index in [0.717, 1.165) is 19.5 Å². The van der Waals surface area contributed by atoms with Crippen molar-refractivity contribution in [2.45, 2.75) is 32.1 Å². The summed E-state index contributed by atoms with van der Waals surface area (Å²) in [5.74, 6) is -2.13. The average molecular weight is 163 g/mol.